The van der Waals surface area contributed by atoms with Crippen molar-refractivity contribution in [2.24, 2.45) is 0 Å². The van der Waals surface area contributed by atoms with Crippen molar-refractivity contribution in [2.75, 3.05) is 0 Å². The van der Waals surface area contributed by atoms with E-state index in [0.717, 1.165) is 24.8 Å². The Kier molecular flexibility index (Phi) is 10.9. The third kappa shape index (κ3) is 9.74. The highest BCUT2D eigenvalue weighted by Gasteiger charge is 2.18. The van der Waals surface area contributed by atoms with Gasteiger partial charge in [-0.3, -0.25) is 4.55 Å². The van der Waals surface area contributed by atoms with Gasteiger partial charge in [-0.05, 0) is 42.7 Å². The Bertz CT molecular complexity index is 893. The lowest BCUT2D eigenvalue weighted by atomic mass is 10.0. The molecule has 0 spiro atoms. The van der Waals surface area contributed by atoms with Gasteiger partial charge in [0, 0.05) is 6.07 Å². The van der Waals surface area contributed by atoms with Crippen LogP contribution in [0.15, 0.2) is 47.4 Å². The molecule has 0 bridgehead atoms. The Hall–Kier alpha value is -2.05. The molecule has 2 aromatic carbocycles. The summed E-state index contributed by atoms with van der Waals surface area (Å²) >= 11 is 0. The molecule has 0 atom stereocenters. The minimum absolute atomic E-state index is 0.0167. The topological polar surface area (TPSA) is 83.8 Å². The lowest BCUT2D eigenvalue weighted by Gasteiger charge is -2.12. The second-order valence-electron chi connectivity index (χ2n) is 8.14. The Morgan fingerprint density at radius 2 is 1.42 bits per heavy atom. The standard InChI is InChI=1S/C25H36O5S/c1-2-3-4-5-6-7-8-9-10-11-12-14-21-17-18-25(31(27,28)29)24(19-21)30-23-16-13-15-22(26)20-23/h13,15-20,26H,2-12,14H2,1H3,(H,27,28,29). The number of hydrogen-bond acceptors (Lipinski definition) is 4. The molecule has 0 fully saturated rings. The van der Waals surface area contributed by atoms with Crippen LogP contribution in [0.5, 0.6) is 17.2 Å². The molecule has 0 unspecified atom stereocenters. The number of ether oxygens (including phenoxy) is 1. The van der Waals surface area contributed by atoms with Gasteiger partial charge in [0.2, 0.25) is 0 Å². The molecule has 6 heteroatoms. The van der Waals surface area contributed by atoms with E-state index in [1.165, 1.54) is 76.0 Å². The Morgan fingerprint density at radius 3 is 2.00 bits per heavy atom. The molecule has 0 aromatic heterocycles. The molecule has 2 aromatic rings. The van der Waals surface area contributed by atoms with E-state index in [-0.39, 0.29) is 16.4 Å². The van der Waals surface area contributed by atoms with Crippen LogP contribution in [0.4, 0.5) is 0 Å². The Labute approximate surface area is 187 Å². The molecule has 0 aliphatic carbocycles. The van der Waals surface area contributed by atoms with E-state index in [1.807, 2.05) is 0 Å². The number of rotatable bonds is 15. The third-order valence-electron chi connectivity index (χ3n) is 5.40. The Balaban J connectivity index is 1.81. The molecular weight excluding hydrogens is 412 g/mol. The largest absolute Gasteiger partial charge is 0.508 e. The first-order valence-electron chi connectivity index (χ1n) is 11.5. The summed E-state index contributed by atoms with van der Waals surface area (Å²) in [4.78, 5) is -0.279. The van der Waals surface area contributed by atoms with Crippen LogP contribution in [0.2, 0.25) is 0 Å². The fourth-order valence-corrected chi connectivity index (χ4v) is 4.26. The summed E-state index contributed by atoms with van der Waals surface area (Å²) in [7, 11) is -4.41. The second kappa shape index (κ2) is 13.4. The van der Waals surface area contributed by atoms with Crippen LogP contribution in [0.25, 0.3) is 0 Å². The van der Waals surface area contributed by atoms with Crippen molar-refractivity contribution in [2.45, 2.75) is 88.9 Å². The minimum atomic E-state index is -4.41. The number of phenolic OH excluding ortho intramolecular Hbond substituents is 1. The number of hydrogen-bond donors (Lipinski definition) is 2. The lowest BCUT2D eigenvalue weighted by molar-refractivity contribution is 0.440. The number of aromatic hydroxyl groups is 1. The van der Waals surface area contributed by atoms with Gasteiger partial charge in [-0.15, -0.1) is 0 Å². The Morgan fingerprint density at radius 1 is 0.806 bits per heavy atom. The third-order valence-corrected chi connectivity index (χ3v) is 6.29. The molecule has 172 valence electrons. The number of benzene rings is 2. The summed E-state index contributed by atoms with van der Waals surface area (Å²) in [5.74, 6) is 0.383. The molecular formula is C25H36O5S. The van der Waals surface area contributed by atoms with Crippen molar-refractivity contribution in [1.82, 2.24) is 0 Å². The molecule has 2 rings (SSSR count). The maximum absolute atomic E-state index is 11.7. The number of unbranched alkanes of at least 4 members (excludes halogenated alkanes) is 10. The van der Waals surface area contributed by atoms with Gasteiger partial charge in [0.25, 0.3) is 10.1 Å². The molecule has 0 heterocycles. The van der Waals surface area contributed by atoms with Gasteiger partial charge in [0.1, 0.15) is 22.1 Å². The van der Waals surface area contributed by atoms with Gasteiger partial charge in [0.15, 0.2) is 0 Å². The molecule has 0 radical (unpaired) electrons. The summed E-state index contributed by atoms with van der Waals surface area (Å²) in [6, 6.07) is 10.9. The smallest absolute Gasteiger partial charge is 0.298 e. The maximum Gasteiger partial charge on any atom is 0.298 e. The zero-order valence-corrected chi connectivity index (χ0v) is 19.4. The molecule has 31 heavy (non-hydrogen) atoms. The van der Waals surface area contributed by atoms with Crippen LogP contribution in [0.1, 0.15) is 83.1 Å². The van der Waals surface area contributed by atoms with Crippen LogP contribution >= 0.6 is 0 Å². The van der Waals surface area contributed by atoms with Gasteiger partial charge in [-0.25, -0.2) is 0 Å². The molecule has 0 aliphatic heterocycles. The van der Waals surface area contributed by atoms with Crippen molar-refractivity contribution in [3.63, 3.8) is 0 Å². The summed E-state index contributed by atoms with van der Waals surface area (Å²) in [6.45, 7) is 2.24. The van der Waals surface area contributed by atoms with E-state index in [2.05, 4.69) is 6.92 Å². The molecule has 0 saturated heterocycles. The van der Waals surface area contributed by atoms with E-state index in [0.29, 0.717) is 5.75 Å². The van der Waals surface area contributed by atoms with Crippen LogP contribution in [-0.4, -0.2) is 18.1 Å². The second-order valence-corrected chi connectivity index (χ2v) is 9.53. The van der Waals surface area contributed by atoms with Gasteiger partial charge in [0.05, 0.1) is 0 Å². The summed E-state index contributed by atoms with van der Waals surface area (Å²) in [5, 5.41) is 9.60. The molecule has 5 nitrogen and oxygen atoms in total. The molecule has 0 aliphatic rings. The zero-order chi connectivity index (χ0) is 22.5. The zero-order valence-electron chi connectivity index (χ0n) is 18.6. The monoisotopic (exact) mass is 448 g/mol. The summed E-state index contributed by atoms with van der Waals surface area (Å²) in [6.07, 6.45) is 14.8. The van der Waals surface area contributed by atoms with Crippen LogP contribution in [0.3, 0.4) is 0 Å². The minimum Gasteiger partial charge on any atom is -0.508 e. The van der Waals surface area contributed by atoms with Gasteiger partial charge < -0.3 is 9.84 Å². The first-order valence-corrected chi connectivity index (χ1v) is 12.9. The van der Waals surface area contributed by atoms with Gasteiger partial charge >= 0.3 is 0 Å². The predicted octanol–water partition coefficient (Wildman–Crippen LogP) is 7.28. The lowest BCUT2D eigenvalue weighted by Crippen LogP contribution is -2.02. The first-order chi connectivity index (χ1) is 14.9. The normalized spacial score (nSPS) is 11.5. The fraction of sp³-hybridized carbons (Fsp3) is 0.520. The average molecular weight is 449 g/mol. The SMILES string of the molecule is CCCCCCCCCCCCCc1ccc(S(=O)(=O)O)c(Oc2cccc(O)c2)c1. The summed E-state index contributed by atoms with van der Waals surface area (Å²) in [5.41, 5.74) is 0.957. The fourth-order valence-electron chi connectivity index (χ4n) is 3.67. The van der Waals surface area contributed by atoms with Crippen molar-refractivity contribution in [1.29, 1.82) is 0 Å². The van der Waals surface area contributed by atoms with E-state index < -0.39 is 10.1 Å². The average Bonchev–Trinajstić information content (AvgIpc) is 2.71. The van der Waals surface area contributed by atoms with E-state index >= 15 is 0 Å². The van der Waals surface area contributed by atoms with Crippen molar-refractivity contribution < 1.29 is 22.8 Å². The van der Waals surface area contributed by atoms with Crippen molar-refractivity contribution in [3.8, 4) is 17.2 Å². The number of phenols is 1. The highest BCUT2D eigenvalue weighted by atomic mass is 32.2. The first kappa shape index (κ1) is 25.2. The van der Waals surface area contributed by atoms with Gasteiger partial charge in [-0.2, -0.15) is 8.42 Å². The van der Waals surface area contributed by atoms with Crippen LogP contribution < -0.4 is 4.74 Å². The highest BCUT2D eigenvalue weighted by molar-refractivity contribution is 7.86. The maximum atomic E-state index is 11.7. The molecule has 0 amide bonds. The van der Waals surface area contributed by atoms with Crippen molar-refractivity contribution >= 4 is 10.1 Å². The predicted molar refractivity (Wildman–Crippen MR) is 125 cm³/mol. The summed E-state index contributed by atoms with van der Waals surface area (Å²) < 4.78 is 38.6. The van der Waals surface area contributed by atoms with Crippen LogP contribution in [-0.2, 0) is 16.5 Å². The quantitative estimate of drug-likeness (QED) is 0.221. The van der Waals surface area contributed by atoms with E-state index in [9.17, 15) is 18.1 Å². The van der Waals surface area contributed by atoms with E-state index in [4.69, 9.17) is 4.74 Å². The highest BCUT2D eigenvalue weighted by Crippen LogP contribution is 2.31. The van der Waals surface area contributed by atoms with Crippen LogP contribution in [0, 0.1) is 0 Å². The molecule has 2 N–H and O–H groups in total. The molecule has 0 saturated carbocycles. The van der Waals surface area contributed by atoms with Crippen molar-refractivity contribution in [3.05, 3.63) is 48.0 Å². The van der Waals surface area contributed by atoms with Gasteiger partial charge in [-0.1, -0.05) is 83.3 Å². The van der Waals surface area contributed by atoms with E-state index in [1.54, 1.807) is 24.3 Å². The number of aryl methyl sites for hydroxylation is 1.